The van der Waals surface area contributed by atoms with E-state index in [9.17, 15) is 5.11 Å². The first-order valence-electron chi connectivity index (χ1n) is 9.05. The minimum absolute atomic E-state index is 0.0854. The van der Waals surface area contributed by atoms with Crippen LogP contribution in [0.15, 0.2) is 81.8 Å². The van der Waals surface area contributed by atoms with Gasteiger partial charge in [0, 0.05) is 20.2 Å². The van der Waals surface area contributed by atoms with Crippen LogP contribution in [0.3, 0.4) is 0 Å². The van der Waals surface area contributed by atoms with Crippen LogP contribution in [0.5, 0.6) is 5.75 Å². The van der Waals surface area contributed by atoms with E-state index in [0.29, 0.717) is 0 Å². The van der Waals surface area contributed by atoms with Crippen LogP contribution in [0.4, 0.5) is 0 Å². The maximum absolute atomic E-state index is 10.5. The number of hydrogen-bond acceptors (Lipinski definition) is 3. The number of phenols is 1. The van der Waals surface area contributed by atoms with Gasteiger partial charge >= 0.3 is 0 Å². The van der Waals surface area contributed by atoms with Crippen molar-refractivity contribution in [3.63, 3.8) is 0 Å². The summed E-state index contributed by atoms with van der Waals surface area (Å²) in [6.07, 6.45) is 2.04. The number of nitrogens with one attached hydrogen (secondary N) is 2. The third-order valence-corrected chi connectivity index (χ3v) is 5.89. The molecule has 1 aliphatic heterocycles. The van der Waals surface area contributed by atoms with Gasteiger partial charge in [0.05, 0.1) is 6.04 Å². The fourth-order valence-electron chi connectivity index (χ4n) is 3.34. The zero-order valence-electron chi connectivity index (χ0n) is 15.3. The monoisotopic (exact) mass is 498 g/mol. The minimum atomic E-state index is -0.135. The fraction of sp³-hybridized carbons (Fsp3) is 0.130. The Morgan fingerprint density at radius 1 is 0.857 bits per heavy atom. The third kappa shape index (κ3) is 4.17. The highest BCUT2D eigenvalue weighted by Crippen LogP contribution is 2.35. The van der Waals surface area contributed by atoms with Crippen molar-refractivity contribution in [1.29, 1.82) is 0 Å². The fourth-order valence-corrected chi connectivity index (χ4v) is 3.98. The molecule has 5 heteroatoms. The Labute approximate surface area is 181 Å². The minimum Gasteiger partial charge on any atom is -0.508 e. The highest BCUT2D eigenvalue weighted by Gasteiger charge is 2.25. The van der Waals surface area contributed by atoms with Crippen LogP contribution in [-0.4, -0.2) is 5.11 Å². The Kier molecular flexibility index (Phi) is 5.58. The lowest BCUT2D eigenvalue weighted by atomic mass is 9.97. The molecule has 0 fully saturated rings. The Bertz CT molecular complexity index is 1010. The lowest BCUT2D eigenvalue weighted by Crippen LogP contribution is -2.39. The Balaban J connectivity index is 1.76. The van der Waals surface area contributed by atoms with E-state index in [1.54, 1.807) is 6.07 Å². The van der Waals surface area contributed by atoms with Gasteiger partial charge in [-0.05, 0) is 54.5 Å². The summed E-state index contributed by atoms with van der Waals surface area (Å²) in [6, 6.07) is 22.1. The van der Waals surface area contributed by atoms with Gasteiger partial charge in [0.25, 0.3) is 0 Å². The second kappa shape index (κ2) is 8.11. The first-order chi connectivity index (χ1) is 13.5. The lowest BCUT2D eigenvalue weighted by Gasteiger charge is -2.33. The van der Waals surface area contributed by atoms with Gasteiger partial charge in [-0.15, -0.1) is 0 Å². The molecule has 142 valence electrons. The van der Waals surface area contributed by atoms with E-state index >= 15 is 0 Å². The lowest BCUT2D eigenvalue weighted by molar-refractivity contribution is 0.419. The Hall–Kier alpha value is -2.08. The smallest absolute Gasteiger partial charge is 0.120 e. The average molecular weight is 500 g/mol. The largest absolute Gasteiger partial charge is 0.508 e. The summed E-state index contributed by atoms with van der Waals surface area (Å²) in [6.45, 7) is 2.08. The summed E-state index contributed by atoms with van der Waals surface area (Å²) in [7, 11) is 0. The standard InChI is InChI=1S/C23H20Br2N2O/c1-14-2-4-15(5-3-14)20-13-21(19-12-18(25)10-11-22(19)28)27-23(26-20)16-6-8-17(24)9-7-16/h2-13,21,23,26-28H,1H3. The van der Waals surface area contributed by atoms with E-state index in [4.69, 9.17) is 0 Å². The normalized spacial score (nSPS) is 19.0. The van der Waals surface area contributed by atoms with E-state index in [0.717, 1.165) is 31.3 Å². The first-order valence-corrected chi connectivity index (χ1v) is 10.6. The Morgan fingerprint density at radius 2 is 1.54 bits per heavy atom. The molecule has 2 unspecified atom stereocenters. The first kappa shape index (κ1) is 19.2. The number of aryl methyl sites for hydroxylation is 1. The summed E-state index contributed by atoms with van der Waals surface area (Å²) in [5, 5.41) is 17.7. The highest BCUT2D eigenvalue weighted by atomic mass is 79.9. The Morgan fingerprint density at radius 3 is 2.25 bits per heavy atom. The van der Waals surface area contributed by atoms with Gasteiger partial charge in [-0.1, -0.05) is 73.8 Å². The van der Waals surface area contributed by atoms with Gasteiger partial charge in [-0.3, -0.25) is 5.32 Å². The van der Waals surface area contributed by atoms with Crippen molar-refractivity contribution in [2.75, 3.05) is 0 Å². The molecule has 0 spiro atoms. The number of rotatable bonds is 3. The average Bonchev–Trinajstić information content (AvgIpc) is 2.70. The molecule has 28 heavy (non-hydrogen) atoms. The summed E-state index contributed by atoms with van der Waals surface area (Å²) < 4.78 is 1.98. The molecule has 1 heterocycles. The predicted molar refractivity (Wildman–Crippen MR) is 121 cm³/mol. The van der Waals surface area contributed by atoms with Gasteiger partial charge in [0.1, 0.15) is 11.9 Å². The maximum Gasteiger partial charge on any atom is 0.120 e. The summed E-state index contributed by atoms with van der Waals surface area (Å²) in [4.78, 5) is 0. The predicted octanol–water partition coefficient (Wildman–Crippen LogP) is 6.20. The second-order valence-electron chi connectivity index (χ2n) is 6.92. The zero-order valence-corrected chi connectivity index (χ0v) is 18.5. The van der Waals surface area contributed by atoms with Crippen LogP contribution in [0, 0.1) is 6.92 Å². The number of phenolic OH excluding ortho intramolecular Hbond substituents is 1. The number of halogens is 2. The number of hydrogen-bond donors (Lipinski definition) is 3. The molecule has 3 N–H and O–H groups in total. The molecular formula is C23H20Br2N2O. The van der Waals surface area contributed by atoms with Crippen molar-refractivity contribution in [3.8, 4) is 5.75 Å². The summed E-state index contributed by atoms with van der Waals surface area (Å²) in [5.74, 6) is 0.275. The van der Waals surface area contributed by atoms with Crippen molar-refractivity contribution in [2.24, 2.45) is 0 Å². The highest BCUT2D eigenvalue weighted by molar-refractivity contribution is 9.10. The molecule has 3 aromatic carbocycles. The molecular weight excluding hydrogens is 480 g/mol. The van der Waals surface area contributed by atoms with Crippen molar-refractivity contribution < 1.29 is 5.11 Å². The van der Waals surface area contributed by atoms with Crippen LogP contribution in [-0.2, 0) is 0 Å². The van der Waals surface area contributed by atoms with E-state index in [1.165, 1.54) is 5.56 Å². The van der Waals surface area contributed by atoms with Crippen LogP contribution in [0.1, 0.15) is 34.5 Å². The molecule has 2 atom stereocenters. The van der Waals surface area contributed by atoms with Gasteiger partial charge in [-0.25, -0.2) is 0 Å². The molecule has 4 rings (SSSR count). The van der Waals surface area contributed by atoms with Gasteiger partial charge in [-0.2, -0.15) is 0 Å². The zero-order chi connectivity index (χ0) is 19.7. The molecule has 3 aromatic rings. The quantitative estimate of drug-likeness (QED) is 0.402. The topological polar surface area (TPSA) is 44.3 Å². The molecule has 0 radical (unpaired) electrons. The van der Waals surface area contributed by atoms with Crippen molar-refractivity contribution in [1.82, 2.24) is 10.6 Å². The van der Waals surface area contributed by atoms with Crippen LogP contribution in [0.25, 0.3) is 5.70 Å². The van der Waals surface area contributed by atoms with Crippen LogP contribution < -0.4 is 10.6 Å². The third-order valence-electron chi connectivity index (χ3n) is 4.87. The van der Waals surface area contributed by atoms with E-state index in [1.807, 2.05) is 24.3 Å². The van der Waals surface area contributed by atoms with Crippen molar-refractivity contribution in [2.45, 2.75) is 19.1 Å². The number of aromatic hydroxyl groups is 1. The van der Waals surface area contributed by atoms with E-state index in [2.05, 4.69) is 91.9 Å². The van der Waals surface area contributed by atoms with Crippen LogP contribution in [0.2, 0.25) is 0 Å². The van der Waals surface area contributed by atoms with E-state index in [-0.39, 0.29) is 18.0 Å². The molecule has 0 aliphatic carbocycles. The molecule has 0 amide bonds. The van der Waals surface area contributed by atoms with Crippen molar-refractivity contribution in [3.05, 3.63) is 104 Å². The SMILES string of the molecule is Cc1ccc(C2=CC(c3cc(Br)ccc3O)NC(c3ccc(Br)cc3)N2)cc1. The molecule has 0 bridgehead atoms. The maximum atomic E-state index is 10.5. The second-order valence-corrected chi connectivity index (χ2v) is 8.75. The molecule has 0 aromatic heterocycles. The van der Waals surface area contributed by atoms with Gasteiger partial charge in [0.2, 0.25) is 0 Å². The van der Waals surface area contributed by atoms with Crippen molar-refractivity contribution >= 4 is 37.6 Å². The molecule has 0 saturated heterocycles. The molecule has 1 aliphatic rings. The van der Waals surface area contributed by atoms with E-state index < -0.39 is 0 Å². The van der Waals surface area contributed by atoms with Crippen LogP contribution >= 0.6 is 31.9 Å². The summed E-state index contributed by atoms with van der Waals surface area (Å²) >= 11 is 7.02. The number of benzene rings is 3. The molecule has 3 nitrogen and oxygen atoms in total. The summed E-state index contributed by atoms with van der Waals surface area (Å²) in [5.41, 5.74) is 5.34. The van der Waals surface area contributed by atoms with Gasteiger partial charge < -0.3 is 10.4 Å². The van der Waals surface area contributed by atoms with Gasteiger partial charge in [0.15, 0.2) is 0 Å². The molecule has 0 saturated carbocycles.